The number of hydrogen-bond donors (Lipinski definition) is 2. The molecule has 4 heteroatoms. The predicted octanol–water partition coefficient (Wildman–Crippen LogP) is 1.43. The summed E-state index contributed by atoms with van der Waals surface area (Å²) in [4.78, 5) is 10.5. The van der Waals surface area contributed by atoms with Crippen molar-refractivity contribution in [1.82, 2.24) is 0 Å². The Morgan fingerprint density at radius 1 is 1.57 bits per heavy atom. The third-order valence-corrected chi connectivity index (χ3v) is 1.91. The molecule has 0 fully saturated rings. The zero-order chi connectivity index (χ0) is 10.7. The second-order valence-corrected chi connectivity index (χ2v) is 3.12. The lowest BCUT2D eigenvalue weighted by Gasteiger charge is -2.11. The second kappa shape index (κ2) is 4.00. The summed E-state index contributed by atoms with van der Waals surface area (Å²) in [5.74, 6) is -0.521. The minimum absolute atomic E-state index is 0.475. The molecule has 1 aromatic rings. The number of nitrogen functional groups attached to an aromatic ring is 1. The van der Waals surface area contributed by atoms with Crippen molar-refractivity contribution in [2.45, 2.75) is 20.0 Å². The van der Waals surface area contributed by atoms with Crippen molar-refractivity contribution < 1.29 is 14.6 Å². The quantitative estimate of drug-likeness (QED) is 0.715. The SMILES string of the molecule is Cc1ccc(OC(C)C(=O)O)cc1N. The molecular formula is C10H13NO3. The number of rotatable bonds is 3. The molecule has 0 bridgehead atoms. The fraction of sp³-hybridized carbons (Fsp3) is 0.300. The van der Waals surface area contributed by atoms with Crippen LogP contribution in [0, 0.1) is 6.92 Å². The molecule has 1 aromatic carbocycles. The predicted molar refractivity (Wildman–Crippen MR) is 53.3 cm³/mol. The Labute approximate surface area is 82.3 Å². The van der Waals surface area contributed by atoms with Gasteiger partial charge in [0, 0.05) is 11.8 Å². The summed E-state index contributed by atoms with van der Waals surface area (Å²) in [6.45, 7) is 3.35. The van der Waals surface area contributed by atoms with Crippen LogP contribution in [0.2, 0.25) is 0 Å². The van der Waals surface area contributed by atoms with Gasteiger partial charge in [0.25, 0.3) is 0 Å². The maximum Gasteiger partial charge on any atom is 0.344 e. The fourth-order valence-electron chi connectivity index (χ4n) is 0.946. The Morgan fingerprint density at radius 2 is 2.21 bits per heavy atom. The molecule has 76 valence electrons. The maximum absolute atomic E-state index is 10.5. The molecule has 0 spiro atoms. The van der Waals surface area contributed by atoms with Crippen LogP contribution in [0.3, 0.4) is 0 Å². The average molecular weight is 195 g/mol. The highest BCUT2D eigenvalue weighted by Gasteiger charge is 2.12. The van der Waals surface area contributed by atoms with Crippen LogP contribution < -0.4 is 10.5 Å². The van der Waals surface area contributed by atoms with Crippen LogP contribution in [0.5, 0.6) is 5.75 Å². The van der Waals surface area contributed by atoms with E-state index in [1.807, 2.05) is 6.92 Å². The number of ether oxygens (including phenoxy) is 1. The minimum Gasteiger partial charge on any atom is -0.479 e. The zero-order valence-corrected chi connectivity index (χ0v) is 8.15. The molecule has 0 aromatic heterocycles. The molecule has 0 saturated carbocycles. The Bertz CT molecular complexity index is 349. The molecule has 1 unspecified atom stereocenters. The van der Waals surface area contributed by atoms with Crippen molar-refractivity contribution in [2.24, 2.45) is 0 Å². The first-order chi connectivity index (χ1) is 6.50. The van der Waals surface area contributed by atoms with Gasteiger partial charge in [-0.15, -0.1) is 0 Å². The Hall–Kier alpha value is -1.71. The topological polar surface area (TPSA) is 72.5 Å². The van der Waals surface area contributed by atoms with Crippen molar-refractivity contribution in [1.29, 1.82) is 0 Å². The van der Waals surface area contributed by atoms with E-state index in [1.165, 1.54) is 6.92 Å². The zero-order valence-electron chi connectivity index (χ0n) is 8.15. The third-order valence-electron chi connectivity index (χ3n) is 1.91. The fourth-order valence-corrected chi connectivity index (χ4v) is 0.946. The largest absolute Gasteiger partial charge is 0.479 e. The Kier molecular flexibility index (Phi) is 2.96. The second-order valence-electron chi connectivity index (χ2n) is 3.12. The molecule has 3 N–H and O–H groups in total. The van der Waals surface area contributed by atoms with E-state index in [2.05, 4.69) is 0 Å². The summed E-state index contributed by atoms with van der Waals surface area (Å²) in [7, 11) is 0. The van der Waals surface area contributed by atoms with Crippen molar-refractivity contribution in [3.05, 3.63) is 23.8 Å². The van der Waals surface area contributed by atoms with E-state index in [9.17, 15) is 4.79 Å². The number of carbonyl (C=O) groups is 1. The number of aryl methyl sites for hydroxylation is 1. The molecule has 0 radical (unpaired) electrons. The number of carboxylic acid groups (broad SMARTS) is 1. The molecule has 14 heavy (non-hydrogen) atoms. The highest BCUT2D eigenvalue weighted by Crippen LogP contribution is 2.19. The van der Waals surface area contributed by atoms with Crippen LogP contribution in [0.1, 0.15) is 12.5 Å². The van der Waals surface area contributed by atoms with Gasteiger partial charge in [-0.25, -0.2) is 4.79 Å². The van der Waals surface area contributed by atoms with Gasteiger partial charge in [0.05, 0.1) is 0 Å². The number of nitrogens with two attached hydrogens (primary N) is 1. The molecular weight excluding hydrogens is 182 g/mol. The van der Waals surface area contributed by atoms with Crippen LogP contribution >= 0.6 is 0 Å². The molecule has 0 aliphatic heterocycles. The molecule has 1 atom stereocenters. The van der Waals surface area contributed by atoms with E-state index in [0.29, 0.717) is 11.4 Å². The first-order valence-corrected chi connectivity index (χ1v) is 4.26. The number of hydrogen-bond acceptors (Lipinski definition) is 3. The van der Waals surface area contributed by atoms with Crippen LogP contribution in [0.25, 0.3) is 0 Å². The lowest BCUT2D eigenvalue weighted by Crippen LogP contribution is -2.22. The lowest BCUT2D eigenvalue weighted by atomic mass is 10.2. The summed E-state index contributed by atoms with van der Waals surface area (Å²) >= 11 is 0. The van der Waals surface area contributed by atoms with Gasteiger partial charge in [0.2, 0.25) is 0 Å². The minimum atomic E-state index is -0.996. The molecule has 0 aliphatic rings. The van der Waals surface area contributed by atoms with Gasteiger partial charge in [-0.3, -0.25) is 0 Å². The highest BCUT2D eigenvalue weighted by atomic mass is 16.5. The van der Waals surface area contributed by atoms with Crippen LogP contribution in [0.15, 0.2) is 18.2 Å². The summed E-state index contributed by atoms with van der Waals surface area (Å²) in [5, 5.41) is 8.61. The normalized spacial score (nSPS) is 12.1. The van der Waals surface area contributed by atoms with Crippen molar-refractivity contribution in [3.63, 3.8) is 0 Å². The Morgan fingerprint density at radius 3 is 2.71 bits per heavy atom. The summed E-state index contributed by atoms with van der Waals surface area (Å²) < 4.78 is 5.13. The third kappa shape index (κ3) is 2.39. The van der Waals surface area contributed by atoms with E-state index < -0.39 is 12.1 Å². The molecule has 1 rings (SSSR count). The Balaban J connectivity index is 2.78. The molecule has 4 nitrogen and oxygen atoms in total. The van der Waals surface area contributed by atoms with E-state index in [-0.39, 0.29) is 0 Å². The monoisotopic (exact) mass is 195 g/mol. The van der Waals surface area contributed by atoms with Crippen molar-refractivity contribution in [2.75, 3.05) is 5.73 Å². The summed E-state index contributed by atoms with van der Waals surface area (Å²) in [6, 6.07) is 5.11. The van der Waals surface area contributed by atoms with Gasteiger partial charge in [0.15, 0.2) is 6.10 Å². The average Bonchev–Trinajstić information content (AvgIpc) is 2.11. The van der Waals surface area contributed by atoms with Crippen LogP contribution in [-0.2, 0) is 4.79 Å². The molecule has 0 aliphatic carbocycles. The van der Waals surface area contributed by atoms with E-state index in [0.717, 1.165) is 5.56 Å². The van der Waals surface area contributed by atoms with Crippen LogP contribution in [-0.4, -0.2) is 17.2 Å². The van der Waals surface area contributed by atoms with Crippen molar-refractivity contribution in [3.8, 4) is 5.75 Å². The molecule has 0 amide bonds. The number of aliphatic carboxylic acids is 1. The van der Waals surface area contributed by atoms with Crippen LogP contribution in [0.4, 0.5) is 5.69 Å². The number of benzene rings is 1. The molecule has 0 saturated heterocycles. The molecule has 0 heterocycles. The van der Waals surface area contributed by atoms with Gasteiger partial charge < -0.3 is 15.6 Å². The lowest BCUT2D eigenvalue weighted by molar-refractivity contribution is -0.144. The standard InChI is InChI=1S/C10H13NO3/c1-6-3-4-8(5-9(6)11)14-7(2)10(12)13/h3-5,7H,11H2,1-2H3,(H,12,13). The van der Waals surface area contributed by atoms with Gasteiger partial charge in [-0.1, -0.05) is 6.07 Å². The maximum atomic E-state index is 10.5. The smallest absolute Gasteiger partial charge is 0.344 e. The first-order valence-electron chi connectivity index (χ1n) is 4.26. The van der Waals surface area contributed by atoms with E-state index in [4.69, 9.17) is 15.6 Å². The first kappa shape index (κ1) is 10.4. The number of anilines is 1. The summed E-state index contributed by atoms with van der Waals surface area (Å²) in [6.07, 6.45) is -0.864. The highest BCUT2D eigenvalue weighted by molar-refractivity contribution is 5.72. The van der Waals surface area contributed by atoms with Gasteiger partial charge in [-0.05, 0) is 25.5 Å². The van der Waals surface area contributed by atoms with Crippen molar-refractivity contribution >= 4 is 11.7 Å². The van der Waals surface area contributed by atoms with Gasteiger partial charge >= 0.3 is 5.97 Å². The van der Waals surface area contributed by atoms with E-state index in [1.54, 1.807) is 18.2 Å². The summed E-state index contributed by atoms with van der Waals surface area (Å²) in [5.41, 5.74) is 7.19. The number of carboxylic acids is 1. The van der Waals surface area contributed by atoms with E-state index >= 15 is 0 Å². The van der Waals surface area contributed by atoms with Gasteiger partial charge in [-0.2, -0.15) is 0 Å². The van der Waals surface area contributed by atoms with Gasteiger partial charge in [0.1, 0.15) is 5.75 Å².